The molecule has 0 spiro atoms. The third kappa shape index (κ3) is 3.12. The molecule has 0 saturated heterocycles. The minimum absolute atomic E-state index is 0.0291. The molecular formula is C15H19ClINO2. The lowest BCUT2D eigenvalue weighted by atomic mass is 9.64. The molecule has 0 radical (unpaired) electrons. The minimum atomic E-state index is -0.0728. The van der Waals surface area contributed by atoms with E-state index in [1.807, 2.05) is 13.0 Å². The van der Waals surface area contributed by atoms with E-state index < -0.39 is 0 Å². The van der Waals surface area contributed by atoms with Crippen LogP contribution in [0.25, 0.3) is 0 Å². The van der Waals surface area contributed by atoms with Gasteiger partial charge in [0.05, 0.1) is 11.1 Å². The van der Waals surface area contributed by atoms with Gasteiger partial charge in [-0.25, -0.2) is 0 Å². The van der Waals surface area contributed by atoms with Crippen LogP contribution in [0.3, 0.4) is 0 Å². The third-order valence-electron chi connectivity index (χ3n) is 4.03. The van der Waals surface area contributed by atoms with E-state index >= 15 is 0 Å². The molecule has 1 saturated carbocycles. The van der Waals surface area contributed by atoms with Crippen LogP contribution >= 0.6 is 34.2 Å². The van der Waals surface area contributed by atoms with Crippen molar-refractivity contribution in [2.45, 2.75) is 39.3 Å². The molecule has 2 atom stereocenters. The first-order chi connectivity index (χ1) is 9.36. The van der Waals surface area contributed by atoms with Gasteiger partial charge in [-0.2, -0.15) is 0 Å². The highest BCUT2D eigenvalue weighted by Gasteiger charge is 2.49. The average molecular weight is 408 g/mol. The summed E-state index contributed by atoms with van der Waals surface area (Å²) in [6.07, 6.45) is 1.09. The Hall–Kier alpha value is -0.330. The van der Waals surface area contributed by atoms with Gasteiger partial charge in [-0.15, -0.1) is 0 Å². The molecule has 0 bridgehead atoms. The Labute approximate surface area is 138 Å². The average Bonchev–Trinajstić information content (AvgIpc) is 2.40. The van der Waals surface area contributed by atoms with Gasteiger partial charge in [-0.1, -0.05) is 25.4 Å². The summed E-state index contributed by atoms with van der Waals surface area (Å²) in [6, 6.07) is 5.51. The van der Waals surface area contributed by atoms with Gasteiger partial charge in [0.2, 0.25) is 0 Å². The van der Waals surface area contributed by atoms with E-state index in [1.54, 1.807) is 12.1 Å². The van der Waals surface area contributed by atoms with Gasteiger partial charge in [-0.3, -0.25) is 4.79 Å². The Kier molecular flexibility index (Phi) is 4.97. The first-order valence-corrected chi connectivity index (χ1v) is 8.19. The quantitative estimate of drug-likeness (QED) is 0.769. The second kappa shape index (κ2) is 6.20. The molecule has 0 aliphatic heterocycles. The van der Waals surface area contributed by atoms with Crippen molar-refractivity contribution in [3.05, 3.63) is 32.4 Å². The Bertz CT molecular complexity index is 519. The summed E-state index contributed by atoms with van der Waals surface area (Å²) in [4.78, 5) is 12.3. The largest absolute Gasteiger partial charge is 0.378 e. The molecule has 1 N–H and O–H groups in total. The van der Waals surface area contributed by atoms with E-state index in [9.17, 15) is 4.79 Å². The van der Waals surface area contributed by atoms with Gasteiger partial charge in [0.1, 0.15) is 0 Å². The number of amides is 1. The molecule has 2 rings (SSSR count). The number of halogens is 2. The summed E-state index contributed by atoms with van der Waals surface area (Å²) < 4.78 is 6.62. The molecule has 1 aliphatic rings. The molecule has 1 amide bonds. The van der Waals surface area contributed by atoms with Crippen molar-refractivity contribution < 1.29 is 9.53 Å². The van der Waals surface area contributed by atoms with Crippen molar-refractivity contribution in [3.8, 4) is 0 Å². The van der Waals surface area contributed by atoms with Gasteiger partial charge < -0.3 is 10.1 Å². The van der Waals surface area contributed by atoms with Crippen molar-refractivity contribution in [1.82, 2.24) is 5.32 Å². The van der Waals surface area contributed by atoms with Crippen LogP contribution in [0.4, 0.5) is 0 Å². The van der Waals surface area contributed by atoms with Crippen molar-refractivity contribution >= 4 is 40.1 Å². The summed E-state index contributed by atoms with van der Waals surface area (Å²) >= 11 is 8.20. The highest BCUT2D eigenvalue weighted by Crippen LogP contribution is 2.42. The van der Waals surface area contributed by atoms with Crippen molar-refractivity contribution in [3.63, 3.8) is 0 Å². The maximum atomic E-state index is 12.3. The van der Waals surface area contributed by atoms with Crippen LogP contribution in [0.15, 0.2) is 18.2 Å². The number of nitrogens with one attached hydrogen (secondary N) is 1. The lowest BCUT2D eigenvalue weighted by Gasteiger charge is -2.51. The van der Waals surface area contributed by atoms with E-state index in [2.05, 4.69) is 41.8 Å². The fourth-order valence-electron chi connectivity index (χ4n) is 2.49. The second-order valence-electron chi connectivity index (χ2n) is 5.66. The Morgan fingerprint density at radius 1 is 1.55 bits per heavy atom. The smallest absolute Gasteiger partial charge is 0.251 e. The van der Waals surface area contributed by atoms with E-state index in [0.717, 1.165) is 9.99 Å². The molecule has 3 nitrogen and oxygen atoms in total. The van der Waals surface area contributed by atoms with Gasteiger partial charge in [0.25, 0.3) is 5.91 Å². The number of hydrogen-bond acceptors (Lipinski definition) is 2. The van der Waals surface area contributed by atoms with Crippen LogP contribution in [0.1, 0.15) is 37.6 Å². The van der Waals surface area contributed by atoms with Crippen LogP contribution in [-0.4, -0.2) is 24.7 Å². The molecule has 110 valence electrons. The third-order valence-corrected chi connectivity index (χ3v) is 5.60. The summed E-state index contributed by atoms with van der Waals surface area (Å²) in [5, 5.41) is 3.69. The van der Waals surface area contributed by atoms with E-state index in [4.69, 9.17) is 16.3 Å². The lowest BCUT2D eigenvalue weighted by molar-refractivity contribution is -0.111. The van der Waals surface area contributed by atoms with Gasteiger partial charge >= 0.3 is 0 Å². The van der Waals surface area contributed by atoms with Crippen molar-refractivity contribution in [2.75, 3.05) is 6.61 Å². The Balaban J connectivity index is 2.01. The SMILES string of the molecule is CCOC1CC(NC(=O)c2ccc(I)c(Cl)c2)C1(C)C. The van der Waals surface area contributed by atoms with Gasteiger partial charge in [0, 0.05) is 27.2 Å². The molecule has 1 aromatic rings. The van der Waals surface area contributed by atoms with Crippen LogP contribution in [0.5, 0.6) is 0 Å². The summed E-state index contributed by atoms with van der Waals surface area (Å²) in [5.74, 6) is -0.0728. The molecule has 5 heteroatoms. The van der Waals surface area contributed by atoms with Crippen molar-refractivity contribution in [1.29, 1.82) is 0 Å². The van der Waals surface area contributed by atoms with Crippen LogP contribution in [0, 0.1) is 8.99 Å². The molecular weight excluding hydrogens is 389 g/mol. The fourth-order valence-corrected chi connectivity index (χ4v) is 3.01. The van der Waals surface area contributed by atoms with Crippen LogP contribution < -0.4 is 5.32 Å². The Morgan fingerprint density at radius 3 is 2.80 bits per heavy atom. The zero-order valence-electron chi connectivity index (χ0n) is 11.9. The van der Waals surface area contributed by atoms with Crippen LogP contribution in [-0.2, 0) is 4.74 Å². The Morgan fingerprint density at radius 2 is 2.25 bits per heavy atom. The molecule has 1 aromatic carbocycles. The zero-order chi connectivity index (χ0) is 14.9. The van der Waals surface area contributed by atoms with E-state index in [0.29, 0.717) is 17.2 Å². The first kappa shape index (κ1) is 16.0. The predicted molar refractivity (Wildman–Crippen MR) is 89.2 cm³/mol. The van der Waals surface area contributed by atoms with Gasteiger partial charge in [-0.05, 0) is 54.1 Å². The number of carbonyl (C=O) groups excluding carboxylic acids is 1. The number of ether oxygens (including phenoxy) is 1. The number of benzene rings is 1. The number of hydrogen-bond donors (Lipinski definition) is 1. The normalized spacial score (nSPS) is 24.1. The van der Waals surface area contributed by atoms with Gasteiger partial charge in [0.15, 0.2) is 0 Å². The summed E-state index contributed by atoms with van der Waals surface area (Å²) in [6.45, 7) is 6.96. The molecule has 1 fully saturated rings. The maximum absolute atomic E-state index is 12.3. The number of rotatable bonds is 4. The predicted octanol–water partition coefficient (Wildman–Crippen LogP) is 3.88. The highest BCUT2D eigenvalue weighted by molar-refractivity contribution is 14.1. The highest BCUT2D eigenvalue weighted by atomic mass is 127. The molecule has 2 unspecified atom stereocenters. The fraction of sp³-hybridized carbons (Fsp3) is 0.533. The topological polar surface area (TPSA) is 38.3 Å². The van der Waals surface area contributed by atoms with Crippen LogP contribution in [0.2, 0.25) is 5.02 Å². The molecule has 20 heavy (non-hydrogen) atoms. The molecule has 0 aromatic heterocycles. The van der Waals surface area contributed by atoms with E-state index in [1.165, 1.54) is 0 Å². The standard InChI is InChI=1S/C15H19ClINO2/c1-4-20-13-8-12(15(13,2)3)18-14(19)9-5-6-11(17)10(16)7-9/h5-7,12-13H,4,8H2,1-3H3,(H,18,19). The molecule has 1 aliphatic carbocycles. The van der Waals surface area contributed by atoms with E-state index in [-0.39, 0.29) is 23.5 Å². The molecule has 0 heterocycles. The summed E-state index contributed by atoms with van der Waals surface area (Å²) in [7, 11) is 0. The lowest BCUT2D eigenvalue weighted by Crippen LogP contribution is -2.62. The van der Waals surface area contributed by atoms with Crippen molar-refractivity contribution in [2.24, 2.45) is 5.41 Å². The monoisotopic (exact) mass is 407 g/mol. The second-order valence-corrected chi connectivity index (χ2v) is 7.23. The minimum Gasteiger partial charge on any atom is -0.378 e. The maximum Gasteiger partial charge on any atom is 0.251 e. The number of carbonyl (C=O) groups is 1. The summed E-state index contributed by atoms with van der Waals surface area (Å²) in [5.41, 5.74) is 0.574. The zero-order valence-corrected chi connectivity index (χ0v) is 14.8. The first-order valence-electron chi connectivity index (χ1n) is 6.73.